The molecule has 0 aromatic heterocycles. The van der Waals surface area contributed by atoms with E-state index in [4.69, 9.17) is 4.74 Å². The summed E-state index contributed by atoms with van der Waals surface area (Å²) in [6.45, 7) is 5.82. The van der Waals surface area contributed by atoms with Crippen molar-refractivity contribution in [1.82, 2.24) is 4.90 Å². The molecule has 0 spiro atoms. The molecular weight excluding hydrogens is 316 g/mol. The number of hydrogen-bond donors (Lipinski definition) is 1. The van der Waals surface area contributed by atoms with Gasteiger partial charge >= 0.3 is 0 Å². The molecule has 2 aliphatic rings. The molecule has 2 fully saturated rings. The van der Waals surface area contributed by atoms with E-state index < -0.39 is 0 Å². The smallest absolute Gasteiger partial charge is 0.254 e. The maximum atomic E-state index is 12.5. The fourth-order valence-electron chi connectivity index (χ4n) is 3.81. The van der Waals surface area contributed by atoms with Crippen molar-refractivity contribution in [2.45, 2.75) is 45.6 Å². The largest absolute Gasteiger partial charge is 0.375 e. The zero-order chi connectivity index (χ0) is 17.8. The van der Waals surface area contributed by atoms with Crippen molar-refractivity contribution in [2.75, 3.05) is 25.0 Å². The summed E-state index contributed by atoms with van der Waals surface area (Å²) in [5.74, 6) is 0.642. The Balaban J connectivity index is 1.58. The van der Waals surface area contributed by atoms with Crippen molar-refractivity contribution in [3.05, 3.63) is 29.8 Å². The van der Waals surface area contributed by atoms with Crippen LogP contribution in [-0.2, 0) is 9.53 Å². The van der Waals surface area contributed by atoms with E-state index in [2.05, 4.69) is 5.32 Å². The molecule has 1 saturated carbocycles. The molecule has 0 radical (unpaired) electrons. The Morgan fingerprint density at radius 3 is 2.52 bits per heavy atom. The molecule has 1 aliphatic carbocycles. The molecule has 2 amide bonds. The first-order valence-electron chi connectivity index (χ1n) is 9.36. The first-order chi connectivity index (χ1) is 12.0. The molecular formula is C20H28N2O3. The fraction of sp³-hybridized carbons (Fsp3) is 0.600. The van der Waals surface area contributed by atoms with E-state index in [1.54, 1.807) is 12.1 Å². The van der Waals surface area contributed by atoms with Crippen LogP contribution in [0.25, 0.3) is 0 Å². The monoisotopic (exact) mass is 344 g/mol. The van der Waals surface area contributed by atoms with Gasteiger partial charge in [-0.05, 0) is 49.9 Å². The summed E-state index contributed by atoms with van der Waals surface area (Å²) in [6, 6.07) is 7.21. The van der Waals surface area contributed by atoms with E-state index >= 15 is 0 Å². The van der Waals surface area contributed by atoms with E-state index in [0.29, 0.717) is 31.2 Å². The molecule has 2 unspecified atom stereocenters. The highest BCUT2D eigenvalue weighted by Crippen LogP contribution is 2.31. The minimum Gasteiger partial charge on any atom is -0.375 e. The van der Waals surface area contributed by atoms with Gasteiger partial charge in [0.2, 0.25) is 5.91 Å². The molecule has 5 nitrogen and oxygen atoms in total. The predicted octanol–water partition coefficient (Wildman–Crippen LogP) is 3.31. The second kappa shape index (κ2) is 8.00. The number of morpholine rings is 1. The molecule has 5 heteroatoms. The molecule has 1 heterocycles. The number of carbonyl (C=O) groups is 2. The molecule has 1 aromatic carbocycles. The average Bonchev–Trinajstić information content (AvgIpc) is 3.15. The lowest BCUT2D eigenvalue weighted by Crippen LogP contribution is -2.44. The number of carbonyl (C=O) groups excluding carboxylic acids is 2. The van der Waals surface area contributed by atoms with E-state index in [9.17, 15) is 9.59 Å². The van der Waals surface area contributed by atoms with E-state index in [-0.39, 0.29) is 23.8 Å². The summed E-state index contributed by atoms with van der Waals surface area (Å²) in [5, 5.41) is 2.99. The third kappa shape index (κ3) is 4.40. The summed E-state index contributed by atoms with van der Waals surface area (Å²) in [5.41, 5.74) is 1.40. The summed E-state index contributed by atoms with van der Waals surface area (Å²) < 4.78 is 5.48. The van der Waals surface area contributed by atoms with Gasteiger partial charge in [-0.2, -0.15) is 0 Å². The summed E-state index contributed by atoms with van der Waals surface area (Å²) in [4.78, 5) is 26.8. The van der Waals surface area contributed by atoms with Crippen LogP contribution < -0.4 is 5.32 Å². The predicted molar refractivity (Wildman–Crippen MR) is 97.5 cm³/mol. The highest BCUT2D eigenvalue weighted by atomic mass is 16.5. The maximum absolute atomic E-state index is 12.5. The van der Waals surface area contributed by atoms with Crippen LogP contribution in [0.3, 0.4) is 0 Å². The lowest BCUT2D eigenvalue weighted by Gasteiger charge is -2.31. The van der Waals surface area contributed by atoms with E-state index in [0.717, 1.165) is 18.5 Å². The Morgan fingerprint density at radius 2 is 1.88 bits per heavy atom. The number of hydrogen-bond acceptors (Lipinski definition) is 3. The number of nitrogens with zero attached hydrogens (tertiary/aromatic N) is 1. The molecule has 2 atom stereocenters. The number of rotatable bonds is 4. The average molecular weight is 344 g/mol. The molecule has 136 valence electrons. The number of nitrogens with one attached hydrogen (secondary N) is 1. The van der Waals surface area contributed by atoms with Crippen molar-refractivity contribution in [1.29, 1.82) is 0 Å². The van der Waals surface area contributed by atoms with Gasteiger partial charge in [0, 0.05) is 30.3 Å². The van der Waals surface area contributed by atoms with E-state index in [1.807, 2.05) is 30.9 Å². The van der Waals surface area contributed by atoms with Crippen LogP contribution in [0.2, 0.25) is 0 Å². The topological polar surface area (TPSA) is 58.6 Å². The summed E-state index contributed by atoms with van der Waals surface area (Å²) in [6.07, 6.45) is 4.85. The zero-order valence-electron chi connectivity index (χ0n) is 15.2. The van der Waals surface area contributed by atoms with Gasteiger partial charge in [0.1, 0.15) is 0 Å². The van der Waals surface area contributed by atoms with Gasteiger partial charge in [0.05, 0.1) is 12.7 Å². The molecule has 3 rings (SSSR count). The molecule has 1 N–H and O–H groups in total. The van der Waals surface area contributed by atoms with Gasteiger partial charge in [-0.25, -0.2) is 0 Å². The van der Waals surface area contributed by atoms with E-state index in [1.165, 1.54) is 12.8 Å². The Morgan fingerprint density at radius 1 is 1.20 bits per heavy atom. The third-order valence-corrected chi connectivity index (χ3v) is 5.45. The fourth-order valence-corrected chi connectivity index (χ4v) is 3.81. The summed E-state index contributed by atoms with van der Waals surface area (Å²) in [7, 11) is 0. The maximum Gasteiger partial charge on any atom is 0.254 e. The lowest BCUT2D eigenvalue weighted by molar-refractivity contribution is -0.120. The Labute approximate surface area is 149 Å². The molecule has 25 heavy (non-hydrogen) atoms. The molecule has 0 bridgehead atoms. The third-order valence-electron chi connectivity index (χ3n) is 5.45. The van der Waals surface area contributed by atoms with Gasteiger partial charge in [0.25, 0.3) is 5.91 Å². The van der Waals surface area contributed by atoms with Crippen LogP contribution >= 0.6 is 0 Å². The first kappa shape index (κ1) is 17.9. The van der Waals surface area contributed by atoms with Crippen molar-refractivity contribution in [3.63, 3.8) is 0 Å². The highest BCUT2D eigenvalue weighted by Gasteiger charge is 2.27. The normalized spacial score (nSPS) is 22.6. The van der Waals surface area contributed by atoms with Crippen molar-refractivity contribution in [2.24, 2.45) is 11.8 Å². The molecule has 1 aromatic rings. The van der Waals surface area contributed by atoms with Crippen molar-refractivity contribution >= 4 is 17.5 Å². The Hall–Kier alpha value is -1.88. The van der Waals surface area contributed by atoms with Crippen LogP contribution in [0.15, 0.2) is 24.3 Å². The van der Waals surface area contributed by atoms with Crippen LogP contribution in [0, 0.1) is 11.8 Å². The number of anilines is 1. The minimum absolute atomic E-state index is 0.0207. The quantitative estimate of drug-likeness (QED) is 0.911. The molecule has 1 saturated heterocycles. The zero-order valence-corrected chi connectivity index (χ0v) is 15.2. The van der Waals surface area contributed by atoms with Gasteiger partial charge in [-0.3, -0.25) is 9.59 Å². The lowest BCUT2D eigenvalue weighted by atomic mass is 9.92. The van der Waals surface area contributed by atoms with Crippen molar-refractivity contribution < 1.29 is 14.3 Å². The number of benzene rings is 1. The van der Waals surface area contributed by atoms with Crippen molar-refractivity contribution in [3.8, 4) is 0 Å². The second-order valence-electron chi connectivity index (χ2n) is 7.33. The standard InChI is InChI=1S/C20H28N2O3/c1-14-13-22(11-12-25-14)20(24)17-7-9-18(10-8-17)21-19(23)15(2)16-5-3-4-6-16/h7-10,14-16H,3-6,11-13H2,1-2H3,(H,21,23). The van der Waals surface area contributed by atoms with Crippen LogP contribution in [0.4, 0.5) is 5.69 Å². The van der Waals surface area contributed by atoms with Gasteiger partial charge in [-0.15, -0.1) is 0 Å². The summed E-state index contributed by atoms with van der Waals surface area (Å²) >= 11 is 0. The number of amides is 2. The van der Waals surface area contributed by atoms with Gasteiger partial charge < -0.3 is 15.0 Å². The van der Waals surface area contributed by atoms with Crippen LogP contribution in [-0.4, -0.2) is 42.5 Å². The SMILES string of the molecule is CC1CN(C(=O)c2ccc(NC(=O)C(C)C3CCCC3)cc2)CCO1. The van der Waals surface area contributed by atoms with Gasteiger partial charge in [0.15, 0.2) is 0 Å². The van der Waals surface area contributed by atoms with Crippen LogP contribution in [0.1, 0.15) is 49.9 Å². The first-order valence-corrected chi connectivity index (χ1v) is 9.36. The Kier molecular flexibility index (Phi) is 5.74. The second-order valence-corrected chi connectivity index (χ2v) is 7.33. The highest BCUT2D eigenvalue weighted by molar-refractivity contribution is 5.96. The number of ether oxygens (including phenoxy) is 1. The minimum atomic E-state index is 0.0207. The molecule has 1 aliphatic heterocycles. The Bertz CT molecular complexity index is 608. The van der Waals surface area contributed by atoms with Crippen LogP contribution in [0.5, 0.6) is 0 Å². The van der Waals surface area contributed by atoms with Gasteiger partial charge in [-0.1, -0.05) is 19.8 Å².